The Labute approximate surface area is 148 Å². The first-order chi connectivity index (χ1) is 12.1. The summed E-state index contributed by atoms with van der Waals surface area (Å²) in [6, 6.07) is 14.3. The van der Waals surface area contributed by atoms with Crippen molar-refractivity contribution < 1.29 is 9.53 Å². The molecule has 0 fully saturated rings. The van der Waals surface area contributed by atoms with E-state index in [9.17, 15) is 4.79 Å². The number of benzene rings is 2. The Morgan fingerprint density at radius 1 is 1.16 bits per heavy atom. The van der Waals surface area contributed by atoms with Crippen molar-refractivity contribution in [2.24, 2.45) is 0 Å². The van der Waals surface area contributed by atoms with E-state index in [0.717, 1.165) is 28.8 Å². The van der Waals surface area contributed by atoms with Gasteiger partial charge in [0, 0.05) is 23.6 Å². The van der Waals surface area contributed by atoms with E-state index in [1.165, 1.54) is 10.9 Å². The van der Waals surface area contributed by atoms with Crippen LogP contribution in [0.15, 0.2) is 48.7 Å². The number of aryl methyl sites for hydroxylation is 2. The molecule has 25 heavy (non-hydrogen) atoms. The quantitative estimate of drug-likeness (QED) is 0.687. The van der Waals surface area contributed by atoms with Crippen molar-refractivity contribution in [1.82, 2.24) is 10.3 Å². The van der Waals surface area contributed by atoms with Gasteiger partial charge >= 0.3 is 0 Å². The zero-order valence-corrected chi connectivity index (χ0v) is 14.8. The third-order valence-corrected chi connectivity index (χ3v) is 4.32. The van der Waals surface area contributed by atoms with Gasteiger partial charge in [0.2, 0.25) is 5.91 Å². The van der Waals surface area contributed by atoms with E-state index < -0.39 is 0 Å². The summed E-state index contributed by atoms with van der Waals surface area (Å²) in [6.45, 7) is 5.06. The first kappa shape index (κ1) is 17.1. The van der Waals surface area contributed by atoms with Crippen LogP contribution in [0.3, 0.4) is 0 Å². The minimum absolute atomic E-state index is 0.0187. The van der Waals surface area contributed by atoms with E-state index >= 15 is 0 Å². The van der Waals surface area contributed by atoms with Gasteiger partial charge in [-0.2, -0.15) is 0 Å². The number of ether oxygens (including phenoxy) is 1. The Morgan fingerprint density at radius 3 is 2.88 bits per heavy atom. The smallest absolute Gasteiger partial charge is 0.223 e. The lowest BCUT2D eigenvalue weighted by molar-refractivity contribution is -0.121. The molecule has 4 heteroatoms. The van der Waals surface area contributed by atoms with E-state index in [2.05, 4.69) is 28.5 Å². The zero-order chi connectivity index (χ0) is 17.6. The molecule has 0 saturated carbocycles. The fourth-order valence-electron chi connectivity index (χ4n) is 2.88. The van der Waals surface area contributed by atoms with Crippen LogP contribution in [0.1, 0.15) is 23.1 Å². The molecule has 0 radical (unpaired) electrons. The zero-order valence-electron chi connectivity index (χ0n) is 14.8. The van der Waals surface area contributed by atoms with Gasteiger partial charge in [0.05, 0.1) is 13.0 Å². The van der Waals surface area contributed by atoms with Crippen LogP contribution in [0.5, 0.6) is 5.75 Å². The minimum atomic E-state index is 0.0187. The molecule has 3 rings (SSSR count). The van der Waals surface area contributed by atoms with Gasteiger partial charge < -0.3 is 15.0 Å². The van der Waals surface area contributed by atoms with E-state index in [-0.39, 0.29) is 5.91 Å². The fourth-order valence-corrected chi connectivity index (χ4v) is 2.88. The Hall–Kier alpha value is -2.75. The number of hydrogen-bond donors (Lipinski definition) is 2. The van der Waals surface area contributed by atoms with Gasteiger partial charge in [0.1, 0.15) is 5.75 Å². The van der Waals surface area contributed by atoms with Crippen molar-refractivity contribution in [2.75, 3.05) is 13.2 Å². The van der Waals surface area contributed by atoms with Crippen LogP contribution >= 0.6 is 0 Å². The number of fused-ring (bicyclic) bond motifs is 1. The average molecular weight is 336 g/mol. The van der Waals surface area contributed by atoms with Crippen LogP contribution in [-0.2, 0) is 11.2 Å². The molecular weight excluding hydrogens is 312 g/mol. The van der Waals surface area contributed by atoms with Crippen molar-refractivity contribution >= 4 is 16.8 Å². The number of para-hydroxylation sites is 1. The predicted molar refractivity (Wildman–Crippen MR) is 101 cm³/mol. The average Bonchev–Trinajstić information content (AvgIpc) is 3.01. The second-order valence-corrected chi connectivity index (χ2v) is 6.33. The summed E-state index contributed by atoms with van der Waals surface area (Å²) in [4.78, 5) is 15.2. The van der Waals surface area contributed by atoms with Crippen molar-refractivity contribution in [2.45, 2.75) is 26.7 Å². The lowest BCUT2D eigenvalue weighted by atomic mass is 10.1. The van der Waals surface area contributed by atoms with E-state index in [1.54, 1.807) is 0 Å². The van der Waals surface area contributed by atoms with Gasteiger partial charge in [0.25, 0.3) is 0 Å². The summed E-state index contributed by atoms with van der Waals surface area (Å²) in [7, 11) is 0. The van der Waals surface area contributed by atoms with Crippen molar-refractivity contribution in [3.8, 4) is 5.75 Å². The highest BCUT2D eigenvalue weighted by Gasteiger charge is 2.06. The number of aromatic nitrogens is 1. The summed E-state index contributed by atoms with van der Waals surface area (Å²) in [6.07, 6.45) is 3.19. The Balaban J connectivity index is 1.42. The summed E-state index contributed by atoms with van der Waals surface area (Å²) in [5.74, 6) is 0.872. The van der Waals surface area contributed by atoms with Crippen molar-refractivity contribution in [3.05, 3.63) is 65.4 Å². The highest BCUT2D eigenvalue weighted by molar-refractivity contribution is 5.83. The van der Waals surface area contributed by atoms with Crippen LogP contribution in [0.2, 0.25) is 0 Å². The maximum atomic E-state index is 12.0. The molecule has 1 heterocycles. The second-order valence-electron chi connectivity index (χ2n) is 6.33. The SMILES string of the molecule is Cc1ccc(C)c(OCCC(=O)NCCc2c[nH]c3ccccc23)c1. The van der Waals surface area contributed by atoms with Gasteiger partial charge in [-0.25, -0.2) is 0 Å². The van der Waals surface area contributed by atoms with Gasteiger partial charge in [-0.15, -0.1) is 0 Å². The molecule has 3 aromatic rings. The number of H-pyrrole nitrogens is 1. The normalized spacial score (nSPS) is 10.8. The van der Waals surface area contributed by atoms with Crippen LogP contribution in [-0.4, -0.2) is 24.0 Å². The number of carbonyl (C=O) groups is 1. The van der Waals surface area contributed by atoms with Crippen molar-refractivity contribution in [1.29, 1.82) is 0 Å². The molecule has 2 N–H and O–H groups in total. The second kappa shape index (κ2) is 7.88. The van der Waals surface area contributed by atoms with Crippen LogP contribution in [0, 0.1) is 13.8 Å². The first-order valence-corrected chi connectivity index (χ1v) is 8.65. The third kappa shape index (κ3) is 4.41. The molecule has 2 aromatic carbocycles. The lowest BCUT2D eigenvalue weighted by Gasteiger charge is -2.10. The molecule has 0 bridgehead atoms. The van der Waals surface area contributed by atoms with Gasteiger partial charge in [-0.05, 0) is 49.1 Å². The molecule has 0 unspecified atom stereocenters. The highest BCUT2D eigenvalue weighted by atomic mass is 16.5. The molecule has 0 aliphatic rings. The number of hydrogen-bond acceptors (Lipinski definition) is 2. The highest BCUT2D eigenvalue weighted by Crippen LogP contribution is 2.19. The van der Waals surface area contributed by atoms with E-state index in [1.807, 2.05) is 44.3 Å². The Morgan fingerprint density at radius 2 is 2.00 bits per heavy atom. The molecule has 0 saturated heterocycles. The van der Waals surface area contributed by atoms with Gasteiger partial charge in [0.15, 0.2) is 0 Å². The molecule has 0 atom stereocenters. The molecule has 4 nitrogen and oxygen atoms in total. The summed E-state index contributed by atoms with van der Waals surface area (Å²) in [5.41, 5.74) is 4.60. The number of carbonyl (C=O) groups excluding carboxylic acids is 1. The number of amides is 1. The van der Waals surface area contributed by atoms with E-state index in [4.69, 9.17) is 4.74 Å². The standard InChI is InChI=1S/C21H24N2O2/c1-15-7-8-16(2)20(13-15)25-12-10-21(24)22-11-9-17-14-23-19-6-4-3-5-18(17)19/h3-8,13-14,23H,9-12H2,1-2H3,(H,22,24). The Bertz CT molecular complexity index is 867. The first-order valence-electron chi connectivity index (χ1n) is 8.65. The molecule has 1 amide bonds. The van der Waals surface area contributed by atoms with Gasteiger partial charge in [-0.1, -0.05) is 30.3 Å². The molecular formula is C21H24N2O2. The molecule has 0 spiro atoms. The Kier molecular flexibility index (Phi) is 5.39. The summed E-state index contributed by atoms with van der Waals surface area (Å²) >= 11 is 0. The van der Waals surface area contributed by atoms with Gasteiger partial charge in [-0.3, -0.25) is 4.79 Å². The lowest BCUT2D eigenvalue weighted by Crippen LogP contribution is -2.27. The third-order valence-electron chi connectivity index (χ3n) is 4.32. The number of rotatable bonds is 7. The molecule has 0 aliphatic carbocycles. The monoisotopic (exact) mass is 336 g/mol. The largest absolute Gasteiger partial charge is 0.493 e. The summed E-state index contributed by atoms with van der Waals surface area (Å²) < 4.78 is 5.73. The fraction of sp³-hybridized carbons (Fsp3) is 0.286. The maximum absolute atomic E-state index is 12.0. The molecule has 130 valence electrons. The summed E-state index contributed by atoms with van der Waals surface area (Å²) in [5, 5.41) is 4.18. The van der Waals surface area contributed by atoms with Crippen LogP contribution in [0.25, 0.3) is 10.9 Å². The number of aromatic amines is 1. The van der Waals surface area contributed by atoms with Crippen LogP contribution in [0.4, 0.5) is 0 Å². The van der Waals surface area contributed by atoms with E-state index in [0.29, 0.717) is 19.6 Å². The van der Waals surface area contributed by atoms with Crippen LogP contribution < -0.4 is 10.1 Å². The predicted octanol–water partition coefficient (Wildman–Crippen LogP) is 3.91. The molecule has 1 aromatic heterocycles. The molecule has 0 aliphatic heterocycles. The number of nitrogens with one attached hydrogen (secondary N) is 2. The van der Waals surface area contributed by atoms with Crippen molar-refractivity contribution in [3.63, 3.8) is 0 Å². The topological polar surface area (TPSA) is 54.1 Å². The maximum Gasteiger partial charge on any atom is 0.223 e. The minimum Gasteiger partial charge on any atom is -0.493 e.